The molecule has 0 atom stereocenters. The van der Waals surface area contributed by atoms with Crippen LogP contribution >= 0.6 is 11.3 Å². The first-order valence-electron chi connectivity index (χ1n) is 5.60. The second-order valence-electron chi connectivity index (χ2n) is 3.64. The van der Waals surface area contributed by atoms with Crippen LogP contribution in [0.4, 0.5) is 5.13 Å². The monoisotopic (exact) mass is 228 g/mol. The molecule has 86 valence electrons. The van der Waals surface area contributed by atoms with Crippen LogP contribution in [0.2, 0.25) is 0 Å². The highest BCUT2D eigenvalue weighted by atomic mass is 32.1. The second kappa shape index (κ2) is 7.65. The number of hydrogen-bond donors (Lipinski definition) is 1. The van der Waals surface area contributed by atoms with Gasteiger partial charge in [-0.1, -0.05) is 32.6 Å². The zero-order valence-electron chi connectivity index (χ0n) is 9.37. The summed E-state index contributed by atoms with van der Waals surface area (Å²) in [5.41, 5.74) is 6.47. The maximum absolute atomic E-state index is 5.52. The lowest BCUT2D eigenvalue weighted by Gasteiger charge is -2.01. The number of nitrogens with two attached hydrogens (primary N) is 1. The minimum absolute atomic E-state index is 0.599. The minimum Gasteiger partial charge on any atom is -0.375 e. The number of nitrogen functional groups attached to an aromatic ring is 1. The molecule has 0 aliphatic carbocycles. The maximum atomic E-state index is 5.52. The van der Waals surface area contributed by atoms with Gasteiger partial charge in [-0.25, -0.2) is 4.98 Å². The molecule has 1 aromatic rings. The Morgan fingerprint density at radius 1 is 1.33 bits per heavy atom. The minimum atomic E-state index is 0.599. The molecule has 0 saturated heterocycles. The van der Waals surface area contributed by atoms with Crippen LogP contribution in [0.1, 0.15) is 44.7 Å². The third-order valence-electron chi connectivity index (χ3n) is 2.21. The SMILES string of the molecule is CCCCCCCOCc1csc(N)n1. The highest BCUT2D eigenvalue weighted by molar-refractivity contribution is 7.13. The summed E-state index contributed by atoms with van der Waals surface area (Å²) in [6, 6.07) is 0. The van der Waals surface area contributed by atoms with Gasteiger partial charge in [0.2, 0.25) is 0 Å². The number of thiazole rings is 1. The summed E-state index contributed by atoms with van der Waals surface area (Å²) in [5, 5.41) is 2.57. The Morgan fingerprint density at radius 2 is 2.13 bits per heavy atom. The summed E-state index contributed by atoms with van der Waals surface area (Å²) < 4.78 is 5.50. The van der Waals surface area contributed by atoms with Crippen LogP contribution in [0.5, 0.6) is 0 Å². The molecule has 1 aromatic heterocycles. The molecule has 0 unspecified atom stereocenters. The van der Waals surface area contributed by atoms with E-state index in [4.69, 9.17) is 10.5 Å². The molecular weight excluding hydrogens is 208 g/mol. The highest BCUT2D eigenvalue weighted by Gasteiger charge is 1.98. The van der Waals surface area contributed by atoms with Gasteiger partial charge in [-0.2, -0.15) is 0 Å². The third kappa shape index (κ3) is 5.74. The highest BCUT2D eigenvalue weighted by Crippen LogP contribution is 2.12. The van der Waals surface area contributed by atoms with Gasteiger partial charge in [0, 0.05) is 12.0 Å². The van der Waals surface area contributed by atoms with Crippen LogP contribution in [-0.4, -0.2) is 11.6 Å². The van der Waals surface area contributed by atoms with E-state index in [0.29, 0.717) is 11.7 Å². The van der Waals surface area contributed by atoms with E-state index in [2.05, 4.69) is 11.9 Å². The second-order valence-corrected chi connectivity index (χ2v) is 4.53. The van der Waals surface area contributed by atoms with Gasteiger partial charge >= 0.3 is 0 Å². The fourth-order valence-electron chi connectivity index (χ4n) is 1.37. The fraction of sp³-hybridized carbons (Fsp3) is 0.727. The number of aromatic nitrogens is 1. The Labute approximate surface area is 95.7 Å². The average molecular weight is 228 g/mol. The van der Waals surface area contributed by atoms with Crippen molar-refractivity contribution < 1.29 is 4.74 Å². The van der Waals surface area contributed by atoms with Crippen LogP contribution in [0.25, 0.3) is 0 Å². The van der Waals surface area contributed by atoms with Crippen molar-refractivity contribution in [3.8, 4) is 0 Å². The molecule has 0 radical (unpaired) electrons. The van der Waals surface area contributed by atoms with E-state index in [1.165, 1.54) is 37.0 Å². The van der Waals surface area contributed by atoms with Gasteiger partial charge in [0.15, 0.2) is 5.13 Å². The van der Waals surface area contributed by atoms with Crippen LogP contribution in [0.3, 0.4) is 0 Å². The van der Waals surface area contributed by atoms with Crippen LogP contribution < -0.4 is 5.73 Å². The molecular formula is C11H20N2OS. The molecule has 3 nitrogen and oxygen atoms in total. The van der Waals surface area contributed by atoms with Crippen molar-refractivity contribution in [3.05, 3.63) is 11.1 Å². The summed E-state index contributed by atoms with van der Waals surface area (Å²) in [6.07, 6.45) is 6.37. The molecule has 15 heavy (non-hydrogen) atoms. The lowest BCUT2D eigenvalue weighted by molar-refractivity contribution is 0.114. The fourth-order valence-corrected chi connectivity index (χ4v) is 1.92. The molecule has 0 spiro atoms. The van der Waals surface area contributed by atoms with Crippen molar-refractivity contribution >= 4 is 16.5 Å². The van der Waals surface area contributed by atoms with Crippen LogP contribution in [0.15, 0.2) is 5.38 Å². The van der Waals surface area contributed by atoms with Crippen molar-refractivity contribution in [2.24, 2.45) is 0 Å². The number of hydrogen-bond acceptors (Lipinski definition) is 4. The zero-order chi connectivity index (χ0) is 10.9. The van der Waals surface area contributed by atoms with Gasteiger partial charge in [0.05, 0.1) is 12.3 Å². The molecule has 1 heterocycles. The van der Waals surface area contributed by atoms with E-state index in [1.54, 1.807) is 0 Å². The first-order valence-corrected chi connectivity index (χ1v) is 6.48. The molecule has 0 bridgehead atoms. The Bertz CT molecular complexity index is 263. The quantitative estimate of drug-likeness (QED) is 0.695. The van der Waals surface area contributed by atoms with Gasteiger partial charge in [-0.3, -0.25) is 0 Å². The summed E-state index contributed by atoms with van der Waals surface area (Å²) in [4.78, 5) is 4.13. The topological polar surface area (TPSA) is 48.1 Å². The van der Waals surface area contributed by atoms with Gasteiger partial charge in [-0.15, -0.1) is 11.3 Å². The number of rotatable bonds is 8. The van der Waals surface area contributed by atoms with Gasteiger partial charge in [-0.05, 0) is 6.42 Å². The van der Waals surface area contributed by atoms with E-state index < -0.39 is 0 Å². The Kier molecular flexibility index (Phi) is 6.36. The third-order valence-corrected chi connectivity index (χ3v) is 2.93. The van der Waals surface area contributed by atoms with Gasteiger partial charge in [0.25, 0.3) is 0 Å². The predicted octanol–water partition coefficient (Wildman–Crippen LogP) is 3.21. The molecule has 2 N–H and O–H groups in total. The van der Waals surface area contributed by atoms with Crippen molar-refractivity contribution in [2.45, 2.75) is 45.6 Å². The van der Waals surface area contributed by atoms with Gasteiger partial charge in [0.1, 0.15) is 0 Å². The van der Waals surface area contributed by atoms with E-state index in [-0.39, 0.29) is 0 Å². The van der Waals surface area contributed by atoms with E-state index in [9.17, 15) is 0 Å². The maximum Gasteiger partial charge on any atom is 0.180 e. The van der Waals surface area contributed by atoms with E-state index in [1.807, 2.05) is 5.38 Å². The molecule has 0 aliphatic heterocycles. The largest absolute Gasteiger partial charge is 0.375 e. The number of unbranched alkanes of at least 4 members (excludes halogenated alkanes) is 4. The van der Waals surface area contributed by atoms with Crippen molar-refractivity contribution in [1.82, 2.24) is 4.98 Å². The predicted molar refractivity (Wildman–Crippen MR) is 64.9 cm³/mol. The number of ether oxygens (including phenoxy) is 1. The normalized spacial score (nSPS) is 10.7. The lowest BCUT2D eigenvalue weighted by atomic mass is 10.2. The Hall–Kier alpha value is -0.610. The summed E-state index contributed by atoms with van der Waals surface area (Å²) in [6.45, 7) is 3.66. The number of nitrogens with zero attached hydrogens (tertiary/aromatic N) is 1. The molecule has 0 aromatic carbocycles. The van der Waals surface area contributed by atoms with Crippen LogP contribution in [-0.2, 0) is 11.3 Å². The Morgan fingerprint density at radius 3 is 2.80 bits per heavy atom. The first kappa shape index (κ1) is 12.5. The Balaban J connectivity index is 1.93. The standard InChI is InChI=1S/C11H20N2OS/c1-2-3-4-5-6-7-14-8-10-9-15-11(12)13-10/h9H,2-8H2,1H3,(H2,12,13). The van der Waals surface area contributed by atoms with Crippen LogP contribution in [0, 0.1) is 0 Å². The summed E-state index contributed by atoms with van der Waals surface area (Å²) in [5.74, 6) is 0. The van der Waals surface area contributed by atoms with E-state index >= 15 is 0 Å². The molecule has 1 rings (SSSR count). The van der Waals surface area contributed by atoms with Crippen molar-refractivity contribution in [3.63, 3.8) is 0 Å². The van der Waals surface area contributed by atoms with Crippen molar-refractivity contribution in [1.29, 1.82) is 0 Å². The molecule has 0 aliphatic rings. The van der Waals surface area contributed by atoms with Crippen molar-refractivity contribution in [2.75, 3.05) is 12.3 Å². The molecule has 0 saturated carbocycles. The molecule has 4 heteroatoms. The van der Waals surface area contributed by atoms with E-state index in [0.717, 1.165) is 18.7 Å². The first-order chi connectivity index (χ1) is 7.33. The summed E-state index contributed by atoms with van der Waals surface area (Å²) >= 11 is 1.47. The summed E-state index contributed by atoms with van der Waals surface area (Å²) in [7, 11) is 0. The lowest BCUT2D eigenvalue weighted by Crippen LogP contribution is -1.96. The average Bonchev–Trinajstić information content (AvgIpc) is 2.63. The smallest absolute Gasteiger partial charge is 0.180 e. The van der Waals surface area contributed by atoms with Gasteiger partial charge < -0.3 is 10.5 Å². The number of anilines is 1. The molecule has 0 amide bonds. The molecule has 0 fully saturated rings. The zero-order valence-corrected chi connectivity index (χ0v) is 10.2.